The number of aryl methyl sites for hydroxylation is 2. The first-order chi connectivity index (χ1) is 11.5. The van der Waals surface area contributed by atoms with Gasteiger partial charge in [-0.25, -0.2) is 0 Å². The van der Waals surface area contributed by atoms with Gasteiger partial charge in [0.1, 0.15) is 18.1 Å². The van der Waals surface area contributed by atoms with Crippen LogP contribution < -0.4 is 4.74 Å². The lowest BCUT2D eigenvalue weighted by atomic mass is 10.1. The van der Waals surface area contributed by atoms with Gasteiger partial charge in [-0.15, -0.1) is 0 Å². The smallest absolute Gasteiger partial charge is 0.254 e. The number of hydrogen-bond acceptors (Lipinski definition) is 4. The van der Waals surface area contributed by atoms with Gasteiger partial charge >= 0.3 is 0 Å². The second-order valence-corrected chi connectivity index (χ2v) is 6.66. The van der Waals surface area contributed by atoms with Gasteiger partial charge in [0.25, 0.3) is 5.91 Å². The van der Waals surface area contributed by atoms with Gasteiger partial charge in [-0.3, -0.25) is 4.79 Å². The predicted octanol–water partition coefficient (Wildman–Crippen LogP) is 3.88. The number of carbonyl (C=O) groups excluding carboxylic acids is 1. The molecule has 1 aromatic carbocycles. The molecule has 5 nitrogen and oxygen atoms in total. The van der Waals surface area contributed by atoms with Gasteiger partial charge < -0.3 is 14.2 Å². The Morgan fingerprint density at radius 2 is 2.12 bits per heavy atom. The lowest BCUT2D eigenvalue weighted by Gasteiger charge is -2.27. The molecular weight excluding hydrogens is 304 g/mol. The fraction of sp³-hybridized carbons (Fsp3) is 0.474. The van der Waals surface area contributed by atoms with Crippen LogP contribution in [0, 0.1) is 13.8 Å². The second kappa shape index (κ2) is 6.67. The third kappa shape index (κ3) is 3.45. The van der Waals surface area contributed by atoms with Gasteiger partial charge in [0.05, 0.1) is 11.3 Å². The Hall–Kier alpha value is -2.30. The van der Waals surface area contributed by atoms with Crippen molar-refractivity contribution in [3.05, 3.63) is 46.8 Å². The number of carbonyl (C=O) groups is 1. The highest BCUT2D eigenvalue weighted by Gasteiger charge is 2.34. The Morgan fingerprint density at radius 1 is 1.38 bits per heavy atom. The van der Waals surface area contributed by atoms with Crippen molar-refractivity contribution in [3.63, 3.8) is 0 Å². The van der Waals surface area contributed by atoms with Crippen molar-refractivity contribution in [1.82, 2.24) is 10.1 Å². The van der Waals surface area contributed by atoms with Crippen LogP contribution in [0.1, 0.15) is 54.1 Å². The van der Waals surface area contributed by atoms with Crippen LogP contribution in [0.3, 0.4) is 0 Å². The number of aromatic nitrogens is 1. The SMILES string of the molecule is Cc1noc(C)c1COc1cccc(C(=O)N(C(C)C)C2CC2)c1. The normalized spacial score (nSPS) is 14.0. The van der Waals surface area contributed by atoms with Crippen LogP contribution in [0.25, 0.3) is 0 Å². The number of hydrogen-bond donors (Lipinski definition) is 0. The highest BCUT2D eigenvalue weighted by atomic mass is 16.5. The lowest BCUT2D eigenvalue weighted by molar-refractivity contribution is 0.0689. The van der Waals surface area contributed by atoms with Crippen molar-refractivity contribution in [3.8, 4) is 5.75 Å². The molecule has 0 bridgehead atoms. The maximum Gasteiger partial charge on any atom is 0.254 e. The van der Waals surface area contributed by atoms with Crippen LogP contribution >= 0.6 is 0 Å². The summed E-state index contributed by atoms with van der Waals surface area (Å²) in [7, 11) is 0. The summed E-state index contributed by atoms with van der Waals surface area (Å²) in [4.78, 5) is 14.8. The van der Waals surface area contributed by atoms with Crippen molar-refractivity contribution in [1.29, 1.82) is 0 Å². The molecule has 0 radical (unpaired) electrons. The molecule has 1 amide bonds. The second-order valence-electron chi connectivity index (χ2n) is 6.66. The minimum Gasteiger partial charge on any atom is -0.489 e. The highest BCUT2D eigenvalue weighted by Crippen LogP contribution is 2.30. The van der Waals surface area contributed by atoms with Gasteiger partial charge in [0.15, 0.2) is 0 Å². The van der Waals surface area contributed by atoms with E-state index in [0.29, 0.717) is 24.0 Å². The molecule has 5 heteroatoms. The number of nitrogens with zero attached hydrogens (tertiary/aromatic N) is 2. The van der Waals surface area contributed by atoms with E-state index >= 15 is 0 Å². The van der Waals surface area contributed by atoms with Crippen molar-refractivity contribution in [2.45, 2.75) is 59.2 Å². The standard InChI is InChI=1S/C19H24N2O3/c1-12(2)21(16-8-9-16)19(22)15-6-5-7-17(10-15)23-11-18-13(3)20-24-14(18)4/h5-7,10,12,16H,8-9,11H2,1-4H3. The largest absolute Gasteiger partial charge is 0.489 e. The summed E-state index contributed by atoms with van der Waals surface area (Å²) in [5.74, 6) is 1.52. The van der Waals surface area contributed by atoms with Gasteiger partial charge in [-0.1, -0.05) is 11.2 Å². The van der Waals surface area contributed by atoms with E-state index in [1.807, 2.05) is 43.0 Å². The third-order valence-electron chi connectivity index (χ3n) is 4.38. The maximum atomic E-state index is 12.8. The van der Waals surface area contributed by atoms with Crippen LogP contribution in [-0.4, -0.2) is 28.0 Å². The molecule has 0 aliphatic heterocycles. The Morgan fingerprint density at radius 3 is 2.71 bits per heavy atom. The quantitative estimate of drug-likeness (QED) is 0.807. The van der Waals surface area contributed by atoms with Crippen LogP contribution in [-0.2, 0) is 6.61 Å². The predicted molar refractivity (Wildman–Crippen MR) is 91.1 cm³/mol. The Bertz CT molecular complexity index is 710. The summed E-state index contributed by atoms with van der Waals surface area (Å²) in [6.07, 6.45) is 2.21. The van der Waals surface area contributed by atoms with Crippen LogP contribution in [0.5, 0.6) is 5.75 Å². The zero-order valence-corrected chi connectivity index (χ0v) is 14.7. The fourth-order valence-electron chi connectivity index (χ4n) is 2.91. The number of benzene rings is 1. The van der Waals surface area contributed by atoms with E-state index in [-0.39, 0.29) is 11.9 Å². The Balaban J connectivity index is 1.73. The molecule has 1 aromatic heterocycles. The van der Waals surface area contributed by atoms with Crippen LogP contribution in [0.15, 0.2) is 28.8 Å². The van der Waals surface area contributed by atoms with E-state index in [0.717, 1.165) is 29.9 Å². The molecule has 0 atom stereocenters. The molecule has 0 spiro atoms. The molecule has 0 N–H and O–H groups in total. The van der Waals surface area contributed by atoms with Crippen molar-refractivity contribution in [2.24, 2.45) is 0 Å². The van der Waals surface area contributed by atoms with Crippen LogP contribution in [0.4, 0.5) is 0 Å². The van der Waals surface area contributed by atoms with Gasteiger partial charge in [0.2, 0.25) is 0 Å². The minimum absolute atomic E-state index is 0.0790. The number of amides is 1. The molecule has 3 rings (SSSR count). The monoisotopic (exact) mass is 328 g/mol. The number of ether oxygens (including phenoxy) is 1. The molecule has 2 aromatic rings. The fourth-order valence-corrected chi connectivity index (χ4v) is 2.91. The molecular formula is C19H24N2O3. The molecule has 1 aliphatic carbocycles. The topological polar surface area (TPSA) is 55.6 Å². The molecule has 1 saturated carbocycles. The molecule has 1 aliphatic rings. The summed E-state index contributed by atoms with van der Waals surface area (Å²) in [6, 6.07) is 8.00. The minimum atomic E-state index is 0.0790. The average Bonchev–Trinajstić information content (AvgIpc) is 3.32. The van der Waals surface area contributed by atoms with Crippen molar-refractivity contribution < 1.29 is 14.1 Å². The first-order valence-electron chi connectivity index (χ1n) is 8.44. The molecule has 0 unspecified atom stereocenters. The third-order valence-corrected chi connectivity index (χ3v) is 4.38. The van der Waals surface area contributed by atoms with Crippen molar-refractivity contribution >= 4 is 5.91 Å². The highest BCUT2D eigenvalue weighted by molar-refractivity contribution is 5.95. The first-order valence-corrected chi connectivity index (χ1v) is 8.44. The zero-order chi connectivity index (χ0) is 17.3. The molecule has 1 heterocycles. The molecule has 1 fully saturated rings. The first kappa shape index (κ1) is 16.6. The van der Waals surface area contributed by atoms with E-state index in [9.17, 15) is 4.79 Å². The summed E-state index contributed by atoms with van der Waals surface area (Å²) in [5, 5.41) is 3.93. The summed E-state index contributed by atoms with van der Waals surface area (Å²) in [6.45, 7) is 8.28. The van der Waals surface area contributed by atoms with E-state index < -0.39 is 0 Å². The van der Waals surface area contributed by atoms with Crippen molar-refractivity contribution in [2.75, 3.05) is 0 Å². The van der Waals surface area contributed by atoms with E-state index in [2.05, 4.69) is 19.0 Å². The van der Waals surface area contributed by atoms with E-state index in [1.165, 1.54) is 0 Å². The molecule has 24 heavy (non-hydrogen) atoms. The summed E-state index contributed by atoms with van der Waals surface area (Å²) < 4.78 is 11.0. The maximum absolute atomic E-state index is 12.8. The summed E-state index contributed by atoms with van der Waals surface area (Å²) in [5.41, 5.74) is 2.46. The average molecular weight is 328 g/mol. The summed E-state index contributed by atoms with van der Waals surface area (Å²) >= 11 is 0. The number of rotatable bonds is 6. The Labute approximate surface area is 142 Å². The lowest BCUT2D eigenvalue weighted by Crippen LogP contribution is -2.38. The van der Waals surface area contributed by atoms with Gasteiger partial charge in [0, 0.05) is 17.6 Å². The van der Waals surface area contributed by atoms with Crippen LogP contribution in [0.2, 0.25) is 0 Å². The molecule has 128 valence electrons. The zero-order valence-electron chi connectivity index (χ0n) is 14.7. The van der Waals surface area contributed by atoms with Gasteiger partial charge in [-0.05, 0) is 58.7 Å². The Kier molecular flexibility index (Phi) is 4.60. The van der Waals surface area contributed by atoms with E-state index in [1.54, 1.807) is 0 Å². The molecule has 0 saturated heterocycles. The van der Waals surface area contributed by atoms with Gasteiger partial charge in [-0.2, -0.15) is 0 Å². The van der Waals surface area contributed by atoms with E-state index in [4.69, 9.17) is 9.26 Å².